The fourth-order valence-electron chi connectivity index (χ4n) is 2.09. The zero-order chi connectivity index (χ0) is 13.1. The zero-order valence-corrected chi connectivity index (χ0v) is 10.3. The maximum atomic E-state index is 11.1. The first-order valence-electron chi connectivity index (χ1n) is 5.95. The lowest BCUT2D eigenvalue weighted by Gasteiger charge is -2.04. The van der Waals surface area contributed by atoms with Crippen molar-refractivity contribution in [3.05, 3.63) is 29.5 Å². The summed E-state index contributed by atoms with van der Waals surface area (Å²) in [5.41, 5.74) is 5.43. The van der Waals surface area contributed by atoms with E-state index in [1.165, 1.54) is 0 Å². The summed E-state index contributed by atoms with van der Waals surface area (Å²) in [6, 6.07) is 5.49. The number of fused-ring (bicyclic) bond motifs is 1. The van der Waals surface area contributed by atoms with Crippen LogP contribution in [0.2, 0.25) is 0 Å². The van der Waals surface area contributed by atoms with E-state index in [0.29, 0.717) is 19.6 Å². The number of carboxylic acids is 1. The number of rotatable bonds is 5. The van der Waals surface area contributed by atoms with Crippen LogP contribution in [-0.2, 0) is 6.42 Å². The number of hydrogen-bond acceptors (Lipinski definition) is 3. The lowest BCUT2D eigenvalue weighted by Crippen LogP contribution is -2.51. The molecule has 0 spiro atoms. The van der Waals surface area contributed by atoms with E-state index >= 15 is 0 Å². The second-order valence-electron chi connectivity index (χ2n) is 4.01. The molecule has 0 unspecified atom stereocenters. The highest BCUT2D eigenvalue weighted by Gasteiger charge is 2.13. The Hall–Kier alpha value is -2.01. The first-order valence-corrected chi connectivity index (χ1v) is 5.95. The third-order valence-electron chi connectivity index (χ3n) is 2.82. The topological polar surface area (TPSA) is 92.8 Å². The summed E-state index contributed by atoms with van der Waals surface area (Å²) in [5.74, 6) is -0.452. The third kappa shape index (κ3) is 2.17. The maximum Gasteiger partial charge on any atom is 0.120 e. The molecular weight excluding hydrogens is 232 g/mol. The number of carbonyl (C=O) groups excluding carboxylic acids is 1. The molecule has 1 aromatic carbocycles. The van der Waals surface area contributed by atoms with E-state index in [9.17, 15) is 9.90 Å². The molecule has 0 fully saturated rings. The molecule has 0 aliphatic heterocycles. The van der Waals surface area contributed by atoms with Crippen molar-refractivity contribution in [1.29, 1.82) is 0 Å². The molecule has 96 valence electrons. The van der Waals surface area contributed by atoms with Crippen LogP contribution < -0.4 is 15.6 Å². The van der Waals surface area contributed by atoms with Crippen molar-refractivity contribution in [3.8, 4) is 5.75 Å². The largest absolute Gasteiger partial charge is 0.543 e. The number of quaternary nitrogens is 1. The summed E-state index contributed by atoms with van der Waals surface area (Å²) >= 11 is 0. The van der Waals surface area contributed by atoms with E-state index in [1.54, 1.807) is 0 Å². The molecule has 1 heterocycles. The van der Waals surface area contributed by atoms with Crippen LogP contribution in [0.25, 0.3) is 10.9 Å². The molecule has 2 aromatic rings. The molecule has 18 heavy (non-hydrogen) atoms. The average molecular weight is 248 g/mol. The summed E-state index contributed by atoms with van der Waals surface area (Å²) in [6.07, 6.45) is 0.596. The Morgan fingerprint density at radius 2 is 2.28 bits per heavy atom. The van der Waals surface area contributed by atoms with Crippen molar-refractivity contribution >= 4 is 16.9 Å². The number of aromatic amines is 1. The first kappa shape index (κ1) is 12.4. The van der Waals surface area contributed by atoms with E-state index in [1.807, 2.05) is 25.1 Å². The van der Waals surface area contributed by atoms with Crippen LogP contribution in [0.4, 0.5) is 0 Å². The van der Waals surface area contributed by atoms with Crippen LogP contribution in [-0.4, -0.2) is 24.1 Å². The van der Waals surface area contributed by atoms with Crippen LogP contribution in [0.3, 0.4) is 0 Å². The highest BCUT2D eigenvalue weighted by Crippen LogP contribution is 2.26. The SMILES string of the molecule is CCOc1ccc2[nH]c(C(=O)[O-])c(CC[NH3+])c2c1. The monoisotopic (exact) mass is 248 g/mol. The molecule has 1 aromatic heterocycles. The molecule has 0 amide bonds. The molecule has 2 rings (SSSR count). The van der Waals surface area contributed by atoms with Crippen molar-refractivity contribution in [3.63, 3.8) is 0 Å². The second kappa shape index (κ2) is 5.10. The van der Waals surface area contributed by atoms with E-state index in [-0.39, 0.29) is 5.69 Å². The minimum Gasteiger partial charge on any atom is -0.543 e. The van der Waals surface area contributed by atoms with E-state index in [4.69, 9.17) is 4.74 Å². The van der Waals surface area contributed by atoms with Gasteiger partial charge in [0.2, 0.25) is 0 Å². The van der Waals surface area contributed by atoms with Crippen molar-refractivity contribution in [2.75, 3.05) is 13.2 Å². The lowest BCUT2D eigenvalue weighted by atomic mass is 10.1. The van der Waals surface area contributed by atoms with Gasteiger partial charge in [-0.25, -0.2) is 0 Å². The van der Waals surface area contributed by atoms with Gasteiger partial charge in [-0.1, -0.05) is 0 Å². The highest BCUT2D eigenvalue weighted by molar-refractivity contribution is 5.97. The molecule has 0 saturated heterocycles. The Labute approximate surface area is 105 Å². The number of benzene rings is 1. The van der Waals surface area contributed by atoms with Crippen LogP contribution in [0, 0.1) is 0 Å². The number of ether oxygens (including phenoxy) is 1. The Morgan fingerprint density at radius 3 is 2.89 bits per heavy atom. The number of hydrogen-bond donors (Lipinski definition) is 2. The summed E-state index contributed by atoms with van der Waals surface area (Å²) in [5, 5.41) is 11.9. The Morgan fingerprint density at radius 1 is 1.50 bits per heavy atom. The van der Waals surface area contributed by atoms with Gasteiger partial charge in [-0.15, -0.1) is 0 Å². The molecule has 0 atom stereocenters. The molecular formula is C13H16N2O3. The normalized spacial score (nSPS) is 10.8. The van der Waals surface area contributed by atoms with Gasteiger partial charge in [0.25, 0.3) is 0 Å². The van der Waals surface area contributed by atoms with Gasteiger partial charge in [0.15, 0.2) is 0 Å². The third-order valence-corrected chi connectivity index (χ3v) is 2.82. The van der Waals surface area contributed by atoms with E-state index in [0.717, 1.165) is 22.2 Å². The summed E-state index contributed by atoms with van der Waals surface area (Å²) in [6.45, 7) is 3.12. The average Bonchev–Trinajstić information content (AvgIpc) is 2.69. The van der Waals surface area contributed by atoms with Crippen molar-refractivity contribution in [1.82, 2.24) is 4.98 Å². The van der Waals surface area contributed by atoms with Gasteiger partial charge in [-0.05, 0) is 30.7 Å². The Balaban J connectivity index is 2.59. The highest BCUT2D eigenvalue weighted by atomic mass is 16.5. The van der Waals surface area contributed by atoms with Gasteiger partial charge < -0.3 is 25.4 Å². The minimum atomic E-state index is -1.19. The van der Waals surface area contributed by atoms with Crippen LogP contribution in [0.5, 0.6) is 5.75 Å². The number of carbonyl (C=O) groups is 1. The molecule has 0 aliphatic carbocycles. The maximum absolute atomic E-state index is 11.1. The van der Waals surface area contributed by atoms with Gasteiger partial charge in [0.05, 0.1) is 24.8 Å². The van der Waals surface area contributed by atoms with Crippen LogP contribution >= 0.6 is 0 Å². The predicted molar refractivity (Wildman–Crippen MR) is 65.3 cm³/mol. The summed E-state index contributed by atoms with van der Waals surface area (Å²) < 4.78 is 5.42. The van der Waals surface area contributed by atoms with Crippen molar-refractivity contribution in [2.24, 2.45) is 0 Å². The second-order valence-corrected chi connectivity index (χ2v) is 4.01. The Bertz CT molecular complexity index is 575. The zero-order valence-electron chi connectivity index (χ0n) is 10.3. The van der Waals surface area contributed by atoms with E-state index in [2.05, 4.69) is 10.7 Å². The fraction of sp³-hybridized carbons (Fsp3) is 0.308. The van der Waals surface area contributed by atoms with Gasteiger partial charge in [0.1, 0.15) is 5.75 Å². The standard InChI is InChI=1S/C13H16N2O3/c1-2-18-8-3-4-11-10(7-8)9(5-6-14)12(15-11)13(16)17/h3-4,7,15H,2,5-6,14H2,1H3,(H,16,17). The Kier molecular flexibility index (Phi) is 3.53. The molecule has 0 saturated carbocycles. The molecule has 5 nitrogen and oxygen atoms in total. The fourth-order valence-corrected chi connectivity index (χ4v) is 2.09. The molecule has 5 heteroatoms. The van der Waals surface area contributed by atoms with Gasteiger partial charge in [0, 0.05) is 17.3 Å². The first-order chi connectivity index (χ1) is 8.67. The number of aromatic carboxylic acids is 1. The van der Waals surface area contributed by atoms with Crippen LogP contribution in [0.1, 0.15) is 23.0 Å². The summed E-state index contributed by atoms with van der Waals surface area (Å²) in [4.78, 5) is 14.0. The van der Waals surface area contributed by atoms with Gasteiger partial charge in [-0.2, -0.15) is 0 Å². The number of nitrogens with one attached hydrogen (secondary N) is 1. The molecule has 4 N–H and O–H groups in total. The lowest BCUT2D eigenvalue weighted by molar-refractivity contribution is -0.366. The van der Waals surface area contributed by atoms with Crippen molar-refractivity contribution < 1.29 is 20.4 Å². The number of carboxylic acid groups (broad SMARTS) is 1. The minimum absolute atomic E-state index is 0.141. The summed E-state index contributed by atoms with van der Waals surface area (Å²) in [7, 11) is 0. The predicted octanol–water partition coefficient (Wildman–Crippen LogP) is -0.285. The molecule has 0 bridgehead atoms. The molecule has 0 radical (unpaired) electrons. The molecule has 0 aliphatic rings. The number of H-pyrrole nitrogens is 1. The van der Waals surface area contributed by atoms with Crippen molar-refractivity contribution in [2.45, 2.75) is 13.3 Å². The quantitative estimate of drug-likeness (QED) is 0.761. The number of aromatic nitrogens is 1. The van der Waals surface area contributed by atoms with Gasteiger partial charge in [-0.3, -0.25) is 0 Å². The smallest absolute Gasteiger partial charge is 0.120 e. The van der Waals surface area contributed by atoms with Crippen LogP contribution in [0.15, 0.2) is 18.2 Å². The van der Waals surface area contributed by atoms with Gasteiger partial charge >= 0.3 is 0 Å². The van der Waals surface area contributed by atoms with E-state index < -0.39 is 5.97 Å².